The molecular formula is C23H21Cl2NOS2. The lowest BCUT2D eigenvalue weighted by molar-refractivity contribution is 0.0956. The first kappa shape index (κ1) is 22.1. The number of thioether (sulfide) groups is 2. The van der Waals surface area contributed by atoms with Crippen LogP contribution in [0.15, 0.2) is 77.7 Å². The van der Waals surface area contributed by atoms with Crippen molar-refractivity contribution in [2.24, 2.45) is 0 Å². The Balaban J connectivity index is 1.39. The van der Waals surface area contributed by atoms with Crippen molar-refractivity contribution in [3.05, 3.63) is 99.5 Å². The molecule has 2 nitrogen and oxygen atoms in total. The maximum Gasteiger partial charge on any atom is 0.251 e. The molecular weight excluding hydrogens is 441 g/mol. The van der Waals surface area contributed by atoms with E-state index in [0.717, 1.165) is 22.8 Å². The quantitative estimate of drug-likeness (QED) is 0.276. The van der Waals surface area contributed by atoms with Gasteiger partial charge in [-0.05, 0) is 47.5 Å². The van der Waals surface area contributed by atoms with Gasteiger partial charge in [0.1, 0.15) is 0 Å². The average Bonchev–Trinajstić information content (AvgIpc) is 2.75. The first-order valence-corrected chi connectivity index (χ1v) is 12.1. The molecule has 3 rings (SSSR count). The normalized spacial score (nSPS) is 10.7. The van der Waals surface area contributed by atoms with E-state index >= 15 is 0 Å². The fraction of sp³-hybridized carbons (Fsp3) is 0.174. The monoisotopic (exact) mass is 461 g/mol. The number of amides is 1. The second-order valence-electron chi connectivity index (χ2n) is 6.31. The van der Waals surface area contributed by atoms with Crippen LogP contribution in [-0.4, -0.2) is 18.2 Å². The Hall–Kier alpha value is -1.59. The molecule has 150 valence electrons. The fourth-order valence-electron chi connectivity index (χ4n) is 2.62. The van der Waals surface area contributed by atoms with Crippen LogP contribution in [0.2, 0.25) is 10.0 Å². The van der Waals surface area contributed by atoms with Gasteiger partial charge in [-0.15, -0.1) is 11.8 Å². The van der Waals surface area contributed by atoms with Gasteiger partial charge in [0, 0.05) is 44.3 Å². The number of rotatable bonds is 9. The summed E-state index contributed by atoms with van der Waals surface area (Å²) in [6, 6.07) is 23.6. The number of benzene rings is 3. The van der Waals surface area contributed by atoms with Crippen molar-refractivity contribution in [2.75, 3.05) is 12.3 Å². The summed E-state index contributed by atoms with van der Waals surface area (Å²) in [5.74, 6) is 2.35. The molecule has 0 aromatic heterocycles. The molecule has 1 amide bonds. The molecule has 3 aromatic rings. The Labute approximate surface area is 190 Å². The highest BCUT2D eigenvalue weighted by Crippen LogP contribution is 2.28. The van der Waals surface area contributed by atoms with Crippen molar-refractivity contribution in [2.45, 2.75) is 16.4 Å². The number of carbonyl (C=O) groups is 1. The van der Waals surface area contributed by atoms with E-state index in [0.29, 0.717) is 22.2 Å². The highest BCUT2D eigenvalue weighted by molar-refractivity contribution is 7.98. The van der Waals surface area contributed by atoms with Crippen molar-refractivity contribution in [3.63, 3.8) is 0 Å². The third-order valence-electron chi connectivity index (χ3n) is 4.20. The number of hydrogen-bond acceptors (Lipinski definition) is 3. The Kier molecular flexibility index (Phi) is 8.81. The van der Waals surface area contributed by atoms with Gasteiger partial charge >= 0.3 is 0 Å². The highest BCUT2D eigenvalue weighted by atomic mass is 35.5. The molecule has 1 N–H and O–H groups in total. The van der Waals surface area contributed by atoms with E-state index in [1.165, 1.54) is 10.5 Å². The molecule has 0 heterocycles. The van der Waals surface area contributed by atoms with Gasteiger partial charge in [0.15, 0.2) is 0 Å². The molecule has 0 atom stereocenters. The molecule has 0 saturated heterocycles. The van der Waals surface area contributed by atoms with E-state index in [2.05, 4.69) is 17.4 Å². The zero-order valence-electron chi connectivity index (χ0n) is 15.7. The van der Waals surface area contributed by atoms with Gasteiger partial charge in [0.2, 0.25) is 0 Å². The standard InChI is InChI=1S/C23H21Cl2NOS2/c24-21-7-4-8-22(25)20(21)16-28-14-13-26-23(27)18-11-9-17(10-12-18)15-29-19-5-2-1-3-6-19/h1-12H,13-16H2,(H,26,27). The molecule has 0 fully saturated rings. The van der Waals surface area contributed by atoms with E-state index in [9.17, 15) is 4.79 Å². The summed E-state index contributed by atoms with van der Waals surface area (Å²) in [7, 11) is 0. The van der Waals surface area contributed by atoms with E-state index in [-0.39, 0.29) is 5.91 Å². The zero-order chi connectivity index (χ0) is 20.5. The van der Waals surface area contributed by atoms with Crippen LogP contribution in [-0.2, 0) is 11.5 Å². The summed E-state index contributed by atoms with van der Waals surface area (Å²) in [6.45, 7) is 0.594. The maximum absolute atomic E-state index is 12.3. The molecule has 0 aliphatic carbocycles. The van der Waals surface area contributed by atoms with Crippen molar-refractivity contribution >= 4 is 52.6 Å². The van der Waals surface area contributed by atoms with Gasteiger partial charge in [-0.25, -0.2) is 0 Å². The lowest BCUT2D eigenvalue weighted by atomic mass is 10.1. The second kappa shape index (κ2) is 11.6. The lowest BCUT2D eigenvalue weighted by Crippen LogP contribution is -2.25. The van der Waals surface area contributed by atoms with Crippen LogP contribution in [0.5, 0.6) is 0 Å². The largest absolute Gasteiger partial charge is 0.351 e. The topological polar surface area (TPSA) is 29.1 Å². The SMILES string of the molecule is O=C(NCCSCc1c(Cl)cccc1Cl)c1ccc(CSc2ccccc2)cc1. The number of halogens is 2. The molecule has 29 heavy (non-hydrogen) atoms. The molecule has 3 aromatic carbocycles. The van der Waals surface area contributed by atoms with Gasteiger partial charge in [0.25, 0.3) is 5.91 Å². The van der Waals surface area contributed by atoms with Gasteiger partial charge in [-0.2, -0.15) is 11.8 Å². The minimum atomic E-state index is -0.0522. The summed E-state index contributed by atoms with van der Waals surface area (Å²) >= 11 is 15.8. The molecule has 0 aliphatic rings. The van der Waals surface area contributed by atoms with E-state index in [4.69, 9.17) is 23.2 Å². The molecule has 0 saturated carbocycles. The van der Waals surface area contributed by atoms with E-state index in [1.807, 2.05) is 60.7 Å². The highest BCUT2D eigenvalue weighted by Gasteiger charge is 2.07. The Morgan fingerprint density at radius 2 is 1.52 bits per heavy atom. The summed E-state index contributed by atoms with van der Waals surface area (Å²) < 4.78 is 0. The molecule has 0 spiro atoms. The van der Waals surface area contributed by atoms with Crippen molar-refractivity contribution < 1.29 is 4.79 Å². The zero-order valence-corrected chi connectivity index (χ0v) is 18.9. The molecule has 0 unspecified atom stereocenters. The Bertz CT molecular complexity index is 913. The third kappa shape index (κ3) is 7.00. The number of nitrogens with one attached hydrogen (secondary N) is 1. The average molecular weight is 462 g/mol. The second-order valence-corrected chi connectivity index (χ2v) is 9.28. The Morgan fingerprint density at radius 1 is 0.828 bits per heavy atom. The maximum atomic E-state index is 12.3. The summed E-state index contributed by atoms with van der Waals surface area (Å²) in [6.07, 6.45) is 0. The van der Waals surface area contributed by atoms with Crippen molar-refractivity contribution in [3.8, 4) is 0 Å². The number of hydrogen-bond donors (Lipinski definition) is 1. The van der Waals surface area contributed by atoms with Crippen molar-refractivity contribution in [1.82, 2.24) is 5.32 Å². The van der Waals surface area contributed by atoms with Gasteiger partial charge in [-0.3, -0.25) is 4.79 Å². The van der Waals surface area contributed by atoms with E-state index in [1.54, 1.807) is 23.5 Å². The number of carbonyl (C=O) groups excluding carboxylic acids is 1. The molecule has 0 bridgehead atoms. The smallest absolute Gasteiger partial charge is 0.251 e. The minimum Gasteiger partial charge on any atom is -0.351 e. The van der Waals surface area contributed by atoms with Crippen LogP contribution in [0, 0.1) is 0 Å². The first-order chi connectivity index (χ1) is 14.1. The summed E-state index contributed by atoms with van der Waals surface area (Å²) in [4.78, 5) is 13.5. The molecule has 0 radical (unpaired) electrons. The predicted octanol–water partition coefficient (Wildman–Crippen LogP) is 6.95. The molecule has 6 heteroatoms. The van der Waals surface area contributed by atoms with E-state index < -0.39 is 0 Å². The van der Waals surface area contributed by atoms with Crippen molar-refractivity contribution in [1.29, 1.82) is 0 Å². The van der Waals surface area contributed by atoms with Crippen LogP contribution in [0.1, 0.15) is 21.5 Å². The molecule has 0 aliphatic heterocycles. The van der Waals surface area contributed by atoms with Gasteiger partial charge in [0.05, 0.1) is 0 Å². The summed E-state index contributed by atoms with van der Waals surface area (Å²) in [5.41, 5.74) is 2.82. The Morgan fingerprint density at radius 3 is 2.21 bits per heavy atom. The van der Waals surface area contributed by atoms with Crippen LogP contribution in [0.25, 0.3) is 0 Å². The van der Waals surface area contributed by atoms with Crippen LogP contribution in [0.3, 0.4) is 0 Å². The minimum absolute atomic E-state index is 0.0522. The van der Waals surface area contributed by atoms with Crippen LogP contribution < -0.4 is 5.32 Å². The third-order valence-corrected chi connectivity index (χ3v) is 6.98. The van der Waals surface area contributed by atoms with Crippen LogP contribution in [0.4, 0.5) is 0 Å². The van der Waals surface area contributed by atoms with Gasteiger partial charge in [-0.1, -0.05) is 59.6 Å². The van der Waals surface area contributed by atoms with Gasteiger partial charge < -0.3 is 5.32 Å². The van der Waals surface area contributed by atoms with Crippen LogP contribution >= 0.6 is 46.7 Å². The summed E-state index contributed by atoms with van der Waals surface area (Å²) in [5, 5.41) is 4.32. The lowest BCUT2D eigenvalue weighted by Gasteiger charge is -2.08. The fourth-order valence-corrected chi connectivity index (χ4v) is 5.09. The predicted molar refractivity (Wildman–Crippen MR) is 127 cm³/mol. The first-order valence-electron chi connectivity index (χ1n) is 9.19.